The maximum atomic E-state index is 2.49. The molecule has 0 aromatic carbocycles. The topological polar surface area (TPSA) is 63.0 Å². The van der Waals surface area contributed by atoms with E-state index in [0.29, 0.717) is 0 Å². The van der Waals surface area contributed by atoms with Crippen LogP contribution in [0.4, 0.5) is 0 Å². The maximum Gasteiger partial charge on any atom is -0.0388 e. The second-order valence-electron chi connectivity index (χ2n) is 6.14. The lowest BCUT2D eigenvalue weighted by Crippen LogP contribution is -2.20. The maximum absolute atomic E-state index is 2.49. The highest BCUT2D eigenvalue weighted by molar-refractivity contribution is 4.75. The molecule has 0 heterocycles. The lowest BCUT2D eigenvalue weighted by atomic mass is 9.74. The van der Waals surface area contributed by atoms with Crippen molar-refractivity contribution in [1.82, 2.24) is 0 Å². The zero-order chi connectivity index (χ0) is 11.3. The van der Waals surface area contributed by atoms with E-state index in [4.69, 9.17) is 0 Å². The second-order valence-corrected chi connectivity index (χ2v) is 6.14. The predicted molar refractivity (Wildman–Crippen MR) is 76.2 cm³/mol. The molecule has 1 aliphatic carbocycles. The fourth-order valence-electron chi connectivity index (χ4n) is 3.00. The van der Waals surface area contributed by atoms with E-state index >= 15 is 0 Å². The molecule has 1 unspecified atom stereocenters. The molecule has 0 saturated heterocycles. The number of hydrogen-bond donors (Lipinski definition) is 0. The third-order valence-corrected chi connectivity index (χ3v) is 4.47. The quantitative estimate of drug-likeness (QED) is 0.711. The number of rotatable bonds is 5. The summed E-state index contributed by atoms with van der Waals surface area (Å²) in [5, 5.41) is 0. The van der Waals surface area contributed by atoms with E-state index in [1.807, 2.05) is 0 Å². The average molecular weight is 246 g/mol. The normalized spacial score (nSPS) is 25.9. The SMILES string of the molecule is CCC1CCC(C(C)CCC(C)C)CC1.O.O. The van der Waals surface area contributed by atoms with Crippen LogP contribution in [0, 0.1) is 23.7 Å². The molecule has 1 saturated carbocycles. The van der Waals surface area contributed by atoms with Crippen molar-refractivity contribution in [1.29, 1.82) is 0 Å². The Labute approximate surface area is 108 Å². The minimum Gasteiger partial charge on any atom is -0.412 e. The molecule has 0 aromatic heterocycles. The van der Waals surface area contributed by atoms with E-state index in [1.54, 1.807) is 0 Å². The van der Waals surface area contributed by atoms with E-state index in [1.165, 1.54) is 44.9 Å². The van der Waals surface area contributed by atoms with E-state index in [2.05, 4.69) is 27.7 Å². The average Bonchev–Trinajstić information content (AvgIpc) is 2.26. The molecular weight excluding hydrogens is 212 g/mol. The summed E-state index contributed by atoms with van der Waals surface area (Å²) < 4.78 is 0. The Morgan fingerprint density at radius 2 is 1.41 bits per heavy atom. The van der Waals surface area contributed by atoms with E-state index in [0.717, 1.165) is 23.7 Å². The van der Waals surface area contributed by atoms with Crippen LogP contribution < -0.4 is 0 Å². The summed E-state index contributed by atoms with van der Waals surface area (Å²) in [5.41, 5.74) is 0. The first kappa shape index (κ1) is 19.3. The molecule has 1 fully saturated rings. The highest BCUT2D eigenvalue weighted by Crippen LogP contribution is 2.36. The van der Waals surface area contributed by atoms with Gasteiger partial charge in [0, 0.05) is 0 Å². The zero-order valence-electron chi connectivity index (χ0n) is 12.3. The van der Waals surface area contributed by atoms with Gasteiger partial charge in [0.25, 0.3) is 0 Å². The minimum absolute atomic E-state index is 0. The predicted octanol–water partition coefficient (Wildman–Crippen LogP) is 3.63. The van der Waals surface area contributed by atoms with Gasteiger partial charge in [-0.1, -0.05) is 59.8 Å². The van der Waals surface area contributed by atoms with Crippen LogP contribution >= 0.6 is 0 Å². The van der Waals surface area contributed by atoms with Crippen molar-refractivity contribution in [2.75, 3.05) is 0 Å². The van der Waals surface area contributed by atoms with Gasteiger partial charge in [0.1, 0.15) is 0 Å². The molecular formula is C15H34O2. The van der Waals surface area contributed by atoms with Crippen LogP contribution in [-0.2, 0) is 0 Å². The van der Waals surface area contributed by atoms with Gasteiger partial charge in [-0.3, -0.25) is 0 Å². The van der Waals surface area contributed by atoms with Crippen LogP contribution in [0.5, 0.6) is 0 Å². The highest BCUT2D eigenvalue weighted by atomic mass is 16.0. The van der Waals surface area contributed by atoms with Crippen molar-refractivity contribution in [2.45, 2.75) is 72.6 Å². The molecule has 2 nitrogen and oxygen atoms in total. The summed E-state index contributed by atoms with van der Waals surface area (Å²) in [6.07, 6.45) is 10.3. The molecule has 17 heavy (non-hydrogen) atoms. The fraction of sp³-hybridized carbons (Fsp3) is 1.00. The fourth-order valence-corrected chi connectivity index (χ4v) is 3.00. The molecule has 1 rings (SSSR count). The van der Waals surface area contributed by atoms with Crippen molar-refractivity contribution in [3.63, 3.8) is 0 Å². The third-order valence-electron chi connectivity index (χ3n) is 4.47. The number of hydrogen-bond acceptors (Lipinski definition) is 0. The Bertz CT molecular complexity index is 160. The Balaban J connectivity index is 0. The largest absolute Gasteiger partial charge is 0.412 e. The molecule has 0 spiro atoms. The molecule has 106 valence electrons. The summed E-state index contributed by atoms with van der Waals surface area (Å²) in [7, 11) is 0. The summed E-state index contributed by atoms with van der Waals surface area (Å²) >= 11 is 0. The lowest BCUT2D eigenvalue weighted by molar-refractivity contribution is 0.198. The van der Waals surface area contributed by atoms with Gasteiger partial charge in [-0.2, -0.15) is 0 Å². The first-order valence-electron chi connectivity index (χ1n) is 7.13. The van der Waals surface area contributed by atoms with Gasteiger partial charge in [-0.15, -0.1) is 0 Å². The molecule has 0 aliphatic heterocycles. The molecule has 0 aromatic rings. The van der Waals surface area contributed by atoms with Crippen LogP contribution in [0.1, 0.15) is 72.6 Å². The Morgan fingerprint density at radius 3 is 1.82 bits per heavy atom. The highest BCUT2D eigenvalue weighted by Gasteiger charge is 2.24. The Kier molecular flexibility index (Phi) is 11.2. The minimum atomic E-state index is 0. The molecule has 0 amide bonds. The lowest BCUT2D eigenvalue weighted by Gasteiger charge is -2.32. The summed E-state index contributed by atoms with van der Waals surface area (Å²) in [6, 6.07) is 0. The summed E-state index contributed by atoms with van der Waals surface area (Å²) in [5.74, 6) is 3.97. The first-order valence-corrected chi connectivity index (χ1v) is 7.13. The zero-order valence-corrected chi connectivity index (χ0v) is 12.3. The van der Waals surface area contributed by atoms with Crippen molar-refractivity contribution >= 4 is 0 Å². The summed E-state index contributed by atoms with van der Waals surface area (Å²) in [6.45, 7) is 9.54. The van der Waals surface area contributed by atoms with E-state index in [9.17, 15) is 0 Å². The second kappa shape index (κ2) is 9.90. The van der Waals surface area contributed by atoms with Gasteiger partial charge in [0.15, 0.2) is 0 Å². The molecule has 4 N–H and O–H groups in total. The Hall–Kier alpha value is -0.0800. The van der Waals surface area contributed by atoms with Crippen LogP contribution in [0.2, 0.25) is 0 Å². The third kappa shape index (κ3) is 7.05. The smallest absolute Gasteiger partial charge is 0.0388 e. The van der Waals surface area contributed by atoms with Gasteiger partial charge in [0.05, 0.1) is 0 Å². The first-order chi connectivity index (χ1) is 7.13. The standard InChI is InChI=1S/C15H30.2H2O/c1-5-14-8-10-15(11-9-14)13(4)7-6-12(2)3;;/h12-15H,5-11H2,1-4H3;2*1H2. The van der Waals surface area contributed by atoms with Crippen LogP contribution in [-0.4, -0.2) is 11.0 Å². The van der Waals surface area contributed by atoms with Gasteiger partial charge >= 0.3 is 0 Å². The van der Waals surface area contributed by atoms with Crippen LogP contribution in [0.3, 0.4) is 0 Å². The van der Waals surface area contributed by atoms with Gasteiger partial charge < -0.3 is 11.0 Å². The molecule has 2 heteroatoms. The van der Waals surface area contributed by atoms with E-state index in [-0.39, 0.29) is 11.0 Å². The van der Waals surface area contributed by atoms with Crippen molar-refractivity contribution in [2.24, 2.45) is 23.7 Å². The molecule has 0 radical (unpaired) electrons. The molecule has 1 aliphatic rings. The molecule has 1 atom stereocenters. The Morgan fingerprint density at radius 1 is 0.882 bits per heavy atom. The van der Waals surface area contributed by atoms with Gasteiger partial charge in [-0.05, 0) is 36.5 Å². The van der Waals surface area contributed by atoms with E-state index < -0.39 is 0 Å². The van der Waals surface area contributed by atoms with Crippen LogP contribution in [0.15, 0.2) is 0 Å². The van der Waals surface area contributed by atoms with Crippen LogP contribution in [0.25, 0.3) is 0 Å². The summed E-state index contributed by atoms with van der Waals surface area (Å²) in [4.78, 5) is 0. The van der Waals surface area contributed by atoms with Crippen molar-refractivity contribution in [3.05, 3.63) is 0 Å². The van der Waals surface area contributed by atoms with Gasteiger partial charge in [-0.25, -0.2) is 0 Å². The van der Waals surface area contributed by atoms with Crippen molar-refractivity contribution < 1.29 is 11.0 Å². The monoisotopic (exact) mass is 246 g/mol. The molecule has 0 bridgehead atoms. The van der Waals surface area contributed by atoms with Crippen molar-refractivity contribution in [3.8, 4) is 0 Å². The van der Waals surface area contributed by atoms with Gasteiger partial charge in [0.2, 0.25) is 0 Å².